The average molecular weight is 489 g/mol. The number of carbonyl (C=O) groups is 1. The monoisotopic (exact) mass is 488 g/mol. The van der Waals surface area contributed by atoms with Gasteiger partial charge in [-0.15, -0.1) is 0 Å². The Morgan fingerprint density at radius 3 is 2.52 bits per heavy atom. The predicted molar refractivity (Wildman–Crippen MR) is 126 cm³/mol. The second kappa shape index (κ2) is 11.1. The molecule has 8 heteroatoms. The number of esters is 1. The molecule has 0 saturated heterocycles. The number of aliphatic hydroxyl groups is 1. The fourth-order valence-electron chi connectivity index (χ4n) is 7.91. The molecule has 3 saturated carbocycles. The first kappa shape index (κ1) is 27.1. The van der Waals surface area contributed by atoms with Gasteiger partial charge in [-0.3, -0.25) is 9.32 Å². The third kappa shape index (κ3) is 6.41. The van der Waals surface area contributed by atoms with Crippen molar-refractivity contribution in [1.29, 1.82) is 0 Å². The summed E-state index contributed by atoms with van der Waals surface area (Å²) in [5.41, 5.74) is 0.0799. The lowest BCUT2D eigenvalue weighted by atomic mass is 9.53. The highest BCUT2D eigenvalue weighted by Crippen LogP contribution is 2.64. The Bertz CT molecular complexity index is 709. The van der Waals surface area contributed by atoms with Crippen LogP contribution in [0.2, 0.25) is 0 Å². The summed E-state index contributed by atoms with van der Waals surface area (Å²) in [6.45, 7) is 6.87. The zero-order valence-electron chi connectivity index (χ0n) is 20.8. The highest BCUT2D eigenvalue weighted by atomic mass is 31.2. The molecule has 0 spiro atoms. The number of methoxy groups -OCH3 is 1. The van der Waals surface area contributed by atoms with E-state index in [1.807, 2.05) is 0 Å². The van der Waals surface area contributed by atoms with E-state index < -0.39 is 13.9 Å². The van der Waals surface area contributed by atoms with Crippen molar-refractivity contribution in [3.63, 3.8) is 0 Å². The van der Waals surface area contributed by atoms with Gasteiger partial charge in [-0.1, -0.05) is 20.8 Å². The molecular formula is C25H45O7P. The molecule has 0 radical (unpaired) electrons. The van der Waals surface area contributed by atoms with Crippen molar-refractivity contribution in [2.24, 2.45) is 40.9 Å². The van der Waals surface area contributed by atoms with Gasteiger partial charge in [0.05, 0.1) is 19.3 Å². The lowest BCUT2D eigenvalue weighted by molar-refractivity contribution is -0.141. The largest absolute Gasteiger partial charge is 0.469 e. The molecular weight excluding hydrogens is 443 g/mol. The van der Waals surface area contributed by atoms with Crippen LogP contribution in [0.3, 0.4) is 0 Å². The Balaban J connectivity index is 1.88. The smallest absolute Gasteiger partial charge is 0.469 e. The van der Waals surface area contributed by atoms with Crippen molar-refractivity contribution in [3.05, 3.63) is 0 Å². The Kier molecular flexibility index (Phi) is 9.11. The van der Waals surface area contributed by atoms with Gasteiger partial charge in [0.2, 0.25) is 0 Å². The van der Waals surface area contributed by atoms with Crippen LogP contribution in [0.25, 0.3) is 0 Å². The Labute approximate surface area is 199 Å². The highest BCUT2D eigenvalue weighted by molar-refractivity contribution is 7.46. The number of carbonyl (C=O) groups excluding carboxylic acids is 1. The fraction of sp³-hybridized carbons (Fsp3) is 0.960. The molecule has 192 valence electrons. The number of phosphoric ester groups is 1. The van der Waals surface area contributed by atoms with E-state index in [-0.39, 0.29) is 23.4 Å². The van der Waals surface area contributed by atoms with Gasteiger partial charge in [-0.25, -0.2) is 4.57 Å². The van der Waals surface area contributed by atoms with E-state index in [2.05, 4.69) is 20.8 Å². The van der Waals surface area contributed by atoms with Crippen LogP contribution in [0.4, 0.5) is 0 Å². The highest BCUT2D eigenvalue weighted by Gasteiger charge is 2.57. The van der Waals surface area contributed by atoms with Gasteiger partial charge < -0.3 is 19.6 Å². The minimum Gasteiger partial charge on any atom is -0.469 e. The molecule has 3 rings (SSSR count). The topological polar surface area (TPSA) is 113 Å². The third-order valence-corrected chi connectivity index (χ3v) is 10.1. The molecule has 0 unspecified atom stereocenters. The molecule has 3 aliphatic rings. The lowest BCUT2D eigenvalue weighted by Crippen LogP contribution is -2.49. The van der Waals surface area contributed by atoms with Crippen LogP contribution in [-0.2, 0) is 18.6 Å². The quantitative estimate of drug-likeness (QED) is 0.353. The van der Waals surface area contributed by atoms with E-state index in [1.54, 1.807) is 0 Å². The molecule has 0 heterocycles. The summed E-state index contributed by atoms with van der Waals surface area (Å²) in [5, 5.41) is 10.3. The average Bonchev–Trinajstić information content (AvgIpc) is 3.10. The van der Waals surface area contributed by atoms with E-state index in [1.165, 1.54) is 7.11 Å². The number of ether oxygens (including phenoxy) is 1. The molecule has 0 bridgehead atoms. The molecule has 0 amide bonds. The zero-order valence-corrected chi connectivity index (χ0v) is 21.7. The maximum atomic E-state index is 12.0. The molecule has 3 fully saturated rings. The van der Waals surface area contributed by atoms with E-state index in [0.29, 0.717) is 55.3 Å². The molecule has 0 aliphatic heterocycles. The fourth-order valence-corrected chi connectivity index (χ4v) is 8.51. The van der Waals surface area contributed by atoms with Crippen molar-refractivity contribution in [2.75, 3.05) is 7.11 Å². The molecule has 33 heavy (non-hydrogen) atoms. The van der Waals surface area contributed by atoms with Crippen LogP contribution in [-0.4, -0.2) is 40.2 Å². The van der Waals surface area contributed by atoms with Gasteiger partial charge in [0.25, 0.3) is 0 Å². The van der Waals surface area contributed by atoms with Gasteiger partial charge in [0, 0.05) is 6.42 Å². The number of hydrogen-bond acceptors (Lipinski definition) is 5. The van der Waals surface area contributed by atoms with E-state index in [4.69, 9.17) is 9.26 Å². The SMILES string of the molecule is COC(=O)CC[C@@H](C)[C@H]1CC[C@H]2[C@H]3[C@H](CC[C@]12C)[C@@H](C)CC[C@@H](O)CCC[C@H]3OP(=O)(O)O. The normalized spacial score (nSPS) is 41.0. The van der Waals surface area contributed by atoms with Crippen LogP contribution in [0.15, 0.2) is 0 Å². The summed E-state index contributed by atoms with van der Waals surface area (Å²) in [7, 11) is -3.19. The Hall–Kier alpha value is -0.460. The number of rotatable bonds is 6. The van der Waals surface area contributed by atoms with Crippen LogP contribution < -0.4 is 0 Å². The molecule has 0 aromatic rings. The van der Waals surface area contributed by atoms with Gasteiger partial charge in [0.15, 0.2) is 0 Å². The summed E-state index contributed by atoms with van der Waals surface area (Å²) in [5.74, 6) is 1.90. The maximum Gasteiger partial charge on any atom is 0.469 e. The number of phosphoric acid groups is 1. The standard InChI is InChI=1S/C25H45O7P/c1-16-8-10-18(26)6-5-7-22(32-33(28,29)30)24-19(16)14-15-25(3)20(11-12-21(24)25)17(2)9-13-23(27)31-4/h16-22,24,26H,5-15H2,1-4H3,(H2,28,29,30)/t16-,17+,18-,19+,20+,21-,22+,24+,25+/m0/s1. The van der Waals surface area contributed by atoms with Crippen molar-refractivity contribution in [3.8, 4) is 0 Å². The van der Waals surface area contributed by atoms with Gasteiger partial charge in [-0.2, -0.15) is 0 Å². The molecule has 0 aromatic heterocycles. The van der Waals surface area contributed by atoms with Gasteiger partial charge >= 0.3 is 13.8 Å². The number of hydrogen-bond donors (Lipinski definition) is 3. The number of fused-ring (bicyclic) bond motifs is 3. The first-order valence-corrected chi connectivity index (χ1v) is 14.5. The van der Waals surface area contributed by atoms with Gasteiger partial charge in [-0.05, 0) is 105 Å². The first-order valence-electron chi connectivity index (χ1n) is 12.9. The third-order valence-electron chi connectivity index (χ3n) is 9.59. The minimum atomic E-state index is -4.62. The summed E-state index contributed by atoms with van der Waals surface area (Å²) < 4.78 is 22.3. The molecule has 3 N–H and O–H groups in total. The predicted octanol–water partition coefficient (Wildman–Crippen LogP) is 5.07. The van der Waals surface area contributed by atoms with E-state index >= 15 is 0 Å². The zero-order chi connectivity index (χ0) is 24.4. The first-order chi connectivity index (χ1) is 15.5. The molecule has 7 nitrogen and oxygen atoms in total. The van der Waals surface area contributed by atoms with Crippen molar-refractivity contribution >= 4 is 13.8 Å². The molecule has 3 aliphatic carbocycles. The summed E-state index contributed by atoms with van der Waals surface area (Å²) >= 11 is 0. The summed E-state index contributed by atoms with van der Waals surface area (Å²) in [4.78, 5) is 31.2. The Morgan fingerprint density at radius 2 is 1.85 bits per heavy atom. The van der Waals surface area contributed by atoms with Crippen molar-refractivity contribution in [1.82, 2.24) is 0 Å². The van der Waals surface area contributed by atoms with Crippen molar-refractivity contribution in [2.45, 2.75) is 104 Å². The summed E-state index contributed by atoms with van der Waals surface area (Å²) in [6.07, 6.45) is 8.34. The number of aliphatic hydroxyl groups excluding tert-OH is 1. The Morgan fingerprint density at radius 1 is 1.12 bits per heavy atom. The minimum absolute atomic E-state index is 0.0799. The second-order valence-electron chi connectivity index (χ2n) is 11.4. The van der Waals surface area contributed by atoms with Crippen molar-refractivity contribution < 1.29 is 33.5 Å². The van der Waals surface area contributed by atoms with E-state index in [0.717, 1.165) is 44.9 Å². The van der Waals surface area contributed by atoms with E-state index in [9.17, 15) is 24.3 Å². The second-order valence-corrected chi connectivity index (χ2v) is 12.6. The van der Waals surface area contributed by atoms with Crippen LogP contribution in [0.1, 0.15) is 91.4 Å². The maximum absolute atomic E-state index is 12.0. The van der Waals surface area contributed by atoms with Crippen LogP contribution in [0, 0.1) is 40.9 Å². The lowest BCUT2D eigenvalue weighted by Gasteiger charge is -2.53. The van der Waals surface area contributed by atoms with Crippen LogP contribution in [0.5, 0.6) is 0 Å². The van der Waals surface area contributed by atoms with Crippen LogP contribution >= 0.6 is 7.82 Å². The summed E-state index contributed by atoms with van der Waals surface area (Å²) in [6, 6.07) is 0. The molecule has 0 aromatic carbocycles. The molecule has 9 atom stereocenters. The van der Waals surface area contributed by atoms with Gasteiger partial charge in [0.1, 0.15) is 0 Å².